The van der Waals surface area contributed by atoms with Gasteiger partial charge in [-0.3, -0.25) is 0 Å². The summed E-state index contributed by atoms with van der Waals surface area (Å²) < 4.78 is 0. The minimum atomic E-state index is -0.611. The first-order chi connectivity index (χ1) is 3.00. The fourth-order valence-corrected chi connectivity index (χ4v) is 0. The summed E-state index contributed by atoms with van der Waals surface area (Å²) in [6.45, 7) is 9.31. The van der Waals surface area contributed by atoms with Crippen molar-refractivity contribution in [2.75, 3.05) is 0 Å². The lowest BCUT2D eigenvalue weighted by atomic mass is 11.4. The zero-order chi connectivity index (χ0) is 6.50. The number of hydrogen-bond acceptors (Lipinski definition) is 0. The van der Waals surface area contributed by atoms with Gasteiger partial charge in [0, 0.05) is 8.07 Å². The molecule has 7 heavy (non-hydrogen) atoms. The fraction of sp³-hybridized carbons (Fsp3) is 0.667. The van der Waals surface area contributed by atoms with E-state index in [9.17, 15) is 0 Å². The van der Waals surface area contributed by atoms with Crippen LogP contribution in [0, 0.1) is 12.8 Å². The van der Waals surface area contributed by atoms with Gasteiger partial charge in [-0.05, 0) is 0 Å². The normalized spacial score (nSPS) is 8.86. The average molecular weight is 114 g/mol. The fourth-order valence-electron chi connectivity index (χ4n) is 0. The number of rotatable bonds is 0. The summed E-state index contributed by atoms with van der Waals surface area (Å²) in [4.78, 5) is 0. The van der Waals surface area contributed by atoms with Gasteiger partial charge in [0.15, 0.2) is 0 Å². The van der Waals surface area contributed by atoms with Gasteiger partial charge in [-0.1, -0.05) is 26.2 Å². The molecule has 0 N–H and O–H groups in total. The molecule has 42 valence electrons. The molecule has 0 amide bonds. The second kappa shape index (κ2) is 3.95. The first-order valence-corrected chi connectivity index (χ1v) is 6.33. The molecule has 0 aliphatic rings. The van der Waals surface area contributed by atoms with Crippen molar-refractivity contribution in [1.29, 1.82) is 0 Å². The predicted octanol–water partition coefficient (Wildman–Crippen LogP) is 2.20. The van der Waals surface area contributed by atoms with Crippen molar-refractivity contribution >= 4 is 8.07 Å². The summed E-state index contributed by atoms with van der Waals surface area (Å²) in [5.74, 6) is 0. The van der Waals surface area contributed by atoms with Crippen molar-refractivity contribution in [2.45, 2.75) is 26.2 Å². The quantitative estimate of drug-likeness (QED) is 0.334. The van der Waals surface area contributed by atoms with Crippen LogP contribution in [0.4, 0.5) is 0 Å². The van der Waals surface area contributed by atoms with E-state index in [1.807, 2.05) is 0 Å². The van der Waals surface area contributed by atoms with E-state index in [4.69, 9.17) is 0 Å². The van der Waals surface area contributed by atoms with Crippen molar-refractivity contribution in [1.82, 2.24) is 0 Å². The first kappa shape index (κ1) is 9.91. The Kier molecular flexibility index (Phi) is 5.59. The SMILES string of the molecule is C#C.C[Si](C)(C)C. The Morgan fingerprint density at radius 3 is 0.857 bits per heavy atom. The summed E-state index contributed by atoms with van der Waals surface area (Å²) in [5.41, 5.74) is 0. The van der Waals surface area contributed by atoms with Crippen LogP contribution in [0.15, 0.2) is 0 Å². The van der Waals surface area contributed by atoms with Crippen LogP contribution in [-0.4, -0.2) is 8.07 Å². The highest BCUT2D eigenvalue weighted by Gasteiger charge is 1.99. The van der Waals surface area contributed by atoms with Crippen molar-refractivity contribution in [3.05, 3.63) is 0 Å². The van der Waals surface area contributed by atoms with Crippen molar-refractivity contribution in [3.8, 4) is 12.8 Å². The van der Waals surface area contributed by atoms with Crippen LogP contribution in [0.25, 0.3) is 0 Å². The average Bonchev–Trinajstić information content (AvgIpc) is 1.36. The van der Waals surface area contributed by atoms with E-state index in [0.29, 0.717) is 0 Å². The number of hydrogen-bond donors (Lipinski definition) is 0. The molecule has 0 fully saturated rings. The minimum absolute atomic E-state index is 0.611. The lowest BCUT2D eigenvalue weighted by Crippen LogP contribution is -2.10. The molecular formula is C6H14Si. The molecule has 0 atom stereocenters. The van der Waals surface area contributed by atoms with Crippen LogP contribution in [0.5, 0.6) is 0 Å². The molecule has 0 rings (SSSR count). The van der Waals surface area contributed by atoms with Gasteiger partial charge in [-0.2, -0.15) is 0 Å². The van der Waals surface area contributed by atoms with Gasteiger partial charge in [0.2, 0.25) is 0 Å². The smallest absolute Gasteiger partial charge is 0.0411 e. The van der Waals surface area contributed by atoms with Crippen LogP contribution in [0.1, 0.15) is 0 Å². The Balaban J connectivity index is 0. The highest BCUT2D eigenvalue weighted by Crippen LogP contribution is 1.94. The second-order valence-corrected chi connectivity index (χ2v) is 9.00. The predicted molar refractivity (Wildman–Crippen MR) is 39.1 cm³/mol. The van der Waals surface area contributed by atoms with E-state index in [1.165, 1.54) is 0 Å². The lowest BCUT2D eigenvalue weighted by molar-refractivity contribution is 1.71. The molecule has 0 aliphatic carbocycles. The summed E-state index contributed by atoms with van der Waals surface area (Å²) in [6, 6.07) is 0. The van der Waals surface area contributed by atoms with Crippen molar-refractivity contribution in [3.63, 3.8) is 0 Å². The molecule has 0 saturated carbocycles. The van der Waals surface area contributed by atoms with Gasteiger partial charge in [-0.15, -0.1) is 12.8 Å². The third-order valence-corrected chi connectivity index (χ3v) is 0. The van der Waals surface area contributed by atoms with Crippen molar-refractivity contribution < 1.29 is 0 Å². The maximum Gasteiger partial charge on any atom is 0.0411 e. The summed E-state index contributed by atoms with van der Waals surface area (Å²) in [5, 5.41) is 0. The van der Waals surface area contributed by atoms with Crippen LogP contribution in [-0.2, 0) is 0 Å². The van der Waals surface area contributed by atoms with E-state index in [1.54, 1.807) is 0 Å². The minimum Gasteiger partial charge on any atom is -0.124 e. The zero-order valence-electron chi connectivity index (χ0n) is 5.65. The van der Waals surface area contributed by atoms with Crippen LogP contribution < -0.4 is 0 Å². The Bertz CT molecular complexity index is 40.9. The van der Waals surface area contributed by atoms with Crippen LogP contribution in [0.2, 0.25) is 26.2 Å². The third kappa shape index (κ3) is 1660. The Hall–Kier alpha value is -0.223. The molecule has 0 radical (unpaired) electrons. The Labute approximate surface area is 48.0 Å². The van der Waals surface area contributed by atoms with E-state index < -0.39 is 8.07 Å². The van der Waals surface area contributed by atoms with Gasteiger partial charge >= 0.3 is 0 Å². The molecule has 1 heteroatoms. The summed E-state index contributed by atoms with van der Waals surface area (Å²) in [7, 11) is -0.611. The molecule has 0 spiro atoms. The molecular weight excluding hydrogens is 100 g/mol. The molecule has 0 nitrogen and oxygen atoms in total. The molecule has 0 aliphatic heterocycles. The van der Waals surface area contributed by atoms with E-state index in [2.05, 4.69) is 39.0 Å². The zero-order valence-corrected chi connectivity index (χ0v) is 6.65. The molecule has 0 saturated heterocycles. The third-order valence-electron chi connectivity index (χ3n) is 0. The second-order valence-electron chi connectivity index (χ2n) is 3.00. The maximum absolute atomic E-state index is 4.00. The Morgan fingerprint density at radius 1 is 0.857 bits per heavy atom. The van der Waals surface area contributed by atoms with Gasteiger partial charge in [0.1, 0.15) is 0 Å². The molecule has 0 bridgehead atoms. The molecule has 0 aromatic carbocycles. The van der Waals surface area contributed by atoms with Gasteiger partial charge in [-0.25, -0.2) is 0 Å². The van der Waals surface area contributed by atoms with E-state index >= 15 is 0 Å². The molecule has 0 unspecified atom stereocenters. The first-order valence-electron chi connectivity index (χ1n) is 2.33. The summed E-state index contributed by atoms with van der Waals surface area (Å²) >= 11 is 0. The van der Waals surface area contributed by atoms with E-state index in [0.717, 1.165) is 0 Å². The molecule has 0 aromatic heterocycles. The standard InChI is InChI=1S/C4H12Si.C2H2/c1-5(2,3)4;1-2/h1-4H3;1-2H. The summed E-state index contributed by atoms with van der Waals surface area (Å²) in [6.07, 6.45) is 8.00. The molecule has 0 heterocycles. The largest absolute Gasteiger partial charge is 0.124 e. The van der Waals surface area contributed by atoms with Crippen LogP contribution in [0.3, 0.4) is 0 Å². The maximum atomic E-state index is 4.00. The van der Waals surface area contributed by atoms with E-state index in [-0.39, 0.29) is 0 Å². The monoisotopic (exact) mass is 114 g/mol. The van der Waals surface area contributed by atoms with Crippen LogP contribution >= 0.6 is 0 Å². The molecule has 0 aromatic rings. The Morgan fingerprint density at radius 2 is 0.857 bits per heavy atom. The lowest BCUT2D eigenvalue weighted by Gasteiger charge is -2.01. The van der Waals surface area contributed by atoms with Crippen molar-refractivity contribution in [2.24, 2.45) is 0 Å². The highest BCUT2D eigenvalue weighted by atomic mass is 28.3. The topological polar surface area (TPSA) is 0 Å². The van der Waals surface area contributed by atoms with Gasteiger partial charge in [0.25, 0.3) is 0 Å². The highest BCUT2D eigenvalue weighted by molar-refractivity contribution is 6.74. The van der Waals surface area contributed by atoms with Gasteiger partial charge < -0.3 is 0 Å². The van der Waals surface area contributed by atoms with Gasteiger partial charge in [0.05, 0.1) is 0 Å². The number of terminal acetylenes is 1.